The van der Waals surface area contributed by atoms with Crippen molar-refractivity contribution in [2.24, 2.45) is 0 Å². The first kappa shape index (κ1) is 15.6. The van der Waals surface area contributed by atoms with Gasteiger partial charge >= 0.3 is 0 Å². The summed E-state index contributed by atoms with van der Waals surface area (Å²) in [6.45, 7) is -2.27. The van der Waals surface area contributed by atoms with Crippen LogP contribution in [-0.4, -0.2) is 68.7 Å². The Hall–Kier alpha value is -1.79. The number of amides is 1. The number of nitrogens with zero attached hydrogens (tertiary/aromatic N) is 1. The number of rotatable bonds is 3. The van der Waals surface area contributed by atoms with Gasteiger partial charge < -0.3 is 20.1 Å². The van der Waals surface area contributed by atoms with Crippen LogP contribution in [0.3, 0.4) is 0 Å². The van der Waals surface area contributed by atoms with Crippen LogP contribution in [0, 0.1) is 12.3 Å². The number of aliphatic hydroxyl groups is 3. The standard InChI is InChI=1S/C13H14FNO6/c1-2-13(20)10(19)12(6-14,7-16)21-11(13)15-4-3-8(17)5-9(15)18/h1,3-4,10-11,16,19-20H,5-7H2/t10-,11-,12-,13-/m1/s1. The molecule has 114 valence electrons. The molecule has 21 heavy (non-hydrogen) atoms. The van der Waals surface area contributed by atoms with Crippen molar-refractivity contribution in [3.8, 4) is 12.3 Å². The van der Waals surface area contributed by atoms with Gasteiger partial charge in [-0.3, -0.25) is 14.5 Å². The number of carbonyl (C=O) groups is 2. The molecule has 4 atom stereocenters. The molecule has 7 nitrogen and oxygen atoms in total. The lowest BCUT2D eigenvalue weighted by atomic mass is 9.87. The first-order chi connectivity index (χ1) is 9.84. The number of carbonyl (C=O) groups excluding carboxylic acids is 2. The molecule has 2 heterocycles. The predicted octanol–water partition coefficient (Wildman–Crippen LogP) is -1.92. The highest BCUT2D eigenvalue weighted by Gasteiger charge is 2.65. The Balaban J connectivity index is 2.44. The van der Waals surface area contributed by atoms with Gasteiger partial charge in [0.25, 0.3) is 0 Å². The van der Waals surface area contributed by atoms with Crippen LogP contribution in [0.15, 0.2) is 12.3 Å². The minimum Gasteiger partial charge on any atom is -0.393 e. The molecule has 1 saturated heterocycles. The summed E-state index contributed by atoms with van der Waals surface area (Å²) in [5, 5.41) is 29.7. The summed E-state index contributed by atoms with van der Waals surface area (Å²) in [4.78, 5) is 23.8. The Labute approximate surface area is 119 Å². The second-order valence-corrected chi connectivity index (χ2v) is 4.96. The lowest BCUT2D eigenvalue weighted by Gasteiger charge is -2.33. The van der Waals surface area contributed by atoms with Gasteiger partial charge in [-0.25, -0.2) is 4.39 Å². The number of hydrogen-bond acceptors (Lipinski definition) is 6. The van der Waals surface area contributed by atoms with E-state index in [4.69, 9.17) is 11.2 Å². The zero-order valence-corrected chi connectivity index (χ0v) is 10.9. The average molecular weight is 299 g/mol. The van der Waals surface area contributed by atoms with Crippen LogP contribution in [0.5, 0.6) is 0 Å². The van der Waals surface area contributed by atoms with Crippen molar-refractivity contribution in [1.29, 1.82) is 0 Å². The fourth-order valence-electron chi connectivity index (χ4n) is 2.36. The molecule has 2 aliphatic rings. The van der Waals surface area contributed by atoms with Crippen molar-refractivity contribution in [2.45, 2.75) is 30.0 Å². The van der Waals surface area contributed by atoms with Crippen LogP contribution < -0.4 is 0 Å². The minimum atomic E-state index is -2.42. The molecular formula is C13H14FNO6. The summed E-state index contributed by atoms with van der Waals surface area (Å²) >= 11 is 0. The Morgan fingerprint density at radius 1 is 1.57 bits per heavy atom. The molecule has 0 aromatic rings. The van der Waals surface area contributed by atoms with Gasteiger partial charge in [-0.2, -0.15) is 0 Å². The van der Waals surface area contributed by atoms with E-state index in [0.717, 1.165) is 17.2 Å². The highest BCUT2D eigenvalue weighted by atomic mass is 19.1. The molecule has 3 N–H and O–H groups in total. The Morgan fingerprint density at radius 2 is 2.24 bits per heavy atom. The van der Waals surface area contributed by atoms with Gasteiger partial charge in [-0.1, -0.05) is 5.92 Å². The molecule has 0 unspecified atom stereocenters. The van der Waals surface area contributed by atoms with Gasteiger partial charge in [0.05, 0.1) is 13.0 Å². The predicted molar refractivity (Wildman–Crippen MR) is 66.1 cm³/mol. The maximum absolute atomic E-state index is 13.2. The number of allylic oxidation sites excluding steroid dienone is 1. The first-order valence-electron chi connectivity index (χ1n) is 6.09. The summed E-state index contributed by atoms with van der Waals surface area (Å²) in [6.07, 6.45) is 3.27. The number of ketones is 1. The van der Waals surface area contributed by atoms with Crippen molar-refractivity contribution in [3.05, 3.63) is 12.3 Å². The molecule has 1 fully saturated rings. The number of aliphatic hydroxyl groups excluding tert-OH is 2. The largest absolute Gasteiger partial charge is 0.393 e. The molecule has 2 aliphatic heterocycles. The lowest BCUT2D eigenvalue weighted by Crippen LogP contribution is -2.56. The van der Waals surface area contributed by atoms with Crippen molar-refractivity contribution in [1.82, 2.24) is 4.90 Å². The topological polar surface area (TPSA) is 107 Å². The molecule has 0 saturated carbocycles. The van der Waals surface area contributed by atoms with Crippen LogP contribution in [0.25, 0.3) is 0 Å². The third kappa shape index (κ3) is 2.15. The fourth-order valence-corrected chi connectivity index (χ4v) is 2.36. The normalized spacial score (nSPS) is 39.7. The van der Waals surface area contributed by atoms with E-state index in [1.165, 1.54) is 0 Å². The van der Waals surface area contributed by atoms with Crippen LogP contribution >= 0.6 is 0 Å². The van der Waals surface area contributed by atoms with Gasteiger partial charge in [0.2, 0.25) is 5.91 Å². The van der Waals surface area contributed by atoms with Gasteiger partial charge in [0.1, 0.15) is 12.8 Å². The SMILES string of the molecule is C#C[C@@]1(O)[C@H](O)[C@](CO)(CF)O[C@H]1N1C=CC(=O)CC1=O. The molecule has 0 aromatic carbocycles. The van der Waals surface area contributed by atoms with Gasteiger partial charge in [-0.05, 0) is 6.08 Å². The average Bonchev–Trinajstić information content (AvgIpc) is 2.70. The van der Waals surface area contributed by atoms with E-state index in [-0.39, 0.29) is 0 Å². The molecule has 8 heteroatoms. The Bertz CT molecular complexity index is 537. The third-order valence-corrected chi connectivity index (χ3v) is 3.65. The van der Waals surface area contributed by atoms with Crippen LogP contribution in [0.1, 0.15) is 6.42 Å². The third-order valence-electron chi connectivity index (χ3n) is 3.65. The highest BCUT2D eigenvalue weighted by molar-refractivity contribution is 6.06. The van der Waals surface area contributed by atoms with Crippen LogP contribution in [-0.2, 0) is 14.3 Å². The van der Waals surface area contributed by atoms with Crippen LogP contribution in [0.4, 0.5) is 4.39 Å². The summed E-state index contributed by atoms with van der Waals surface area (Å²) in [7, 11) is 0. The van der Waals surface area contributed by atoms with E-state index in [1.807, 2.05) is 5.92 Å². The zero-order chi connectivity index (χ0) is 15.8. The van der Waals surface area contributed by atoms with Crippen LogP contribution in [0.2, 0.25) is 0 Å². The van der Waals surface area contributed by atoms with Gasteiger partial charge in [-0.15, -0.1) is 6.42 Å². The fraction of sp³-hybridized carbons (Fsp3) is 0.538. The first-order valence-corrected chi connectivity index (χ1v) is 6.09. The summed E-state index contributed by atoms with van der Waals surface area (Å²) in [5.41, 5.74) is -4.56. The molecule has 2 rings (SSSR count). The number of alkyl halides is 1. The zero-order valence-electron chi connectivity index (χ0n) is 10.9. The van der Waals surface area contributed by atoms with E-state index >= 15 is 0 Å². The molecule has 0 radical (unpaired) electrons. The van der Waals surface area contributed by atoms with Crippen molar-refractivity contribution >= 4 is 11.7 Å². The van der Waals surface area contributed by atoms with Gasteiger partial charge in [0.15, 0.2) is 23.2 Å². The maximum Gasteiger partial charge on any atom is 0.236 e. The maximum atomic E-state index is 13.2. The summed E-state index contributed by atoms with van der Waals surface area (Å²) in [6, 6.07) is 0. The molecular weight excluding hydrogens is 285 g/mol. The number of terminal acetylenes is 1. The monoisotopic (exact) mass is 299 g/mol. The van der Waals surface area contributed by atoms with E-state index in [9.17, 15) is 29.3 Å². The molecule has 0 aliphatic carbocycles. The van der Waals surface area contributed by atoms with E-state index in [1.54, 1.807) is 0 Å². The van der Waals surface area contributed by atoms with E-state index < -0.39 is 54.9 Å². The Morgan fingerprint density at radius 3 is 2.71 bits per heavy atom. The molecule has 1 amide bonds. The second-order valence-electron chi connectivity index (χ2n) is 4.96. The van der Waals surface area contributed by atoms with Gasteiger partial charge in [0, 0.05) is 6.20 Å². The molecule has 0 aromatic heterocycles. The summed E-state index contributed by atoms with van der Waals surface area (Å²) < 4.78 is 18.4. The lowest BCUT2D eigenvalue weighted by molar-refractivity contribution is -0.167. The number of halogens is 1. The van der Waals surface area contributed by atoms with Crippen molar-refractivity contribution in [3.63, 3.8) is 0 Å². The molecule has 0 spiro atoms. The Kier molecular flexibility index (Phi) is 3.86. The second kappa shape index (κ2) is 5.20. The molecule has 0 bridgehead atoms. The quantitative estimate of drug-likeness (QED) is 0.414. The number of hydrogen-bond donors (Lipinski definition) is 3. The van der Waals surface area contributed by atoms with E-state index in [2.05, 4.69) is 0 Å². The van der Waals surface area contributed by atoms with Crippen molar-refractivity contribution in [2.75, 3.05) is 13.3 Å². The minimum absolute atomic E-state index is 0.446. The number of ether oxygens (including phenoxy) is 1. The highest BCUT2D eigenvalue weighted by Crippen LogP contribution is 2.40. The smallest absolute Gasteiger partial charge is 0.236 e. The van der Waals surface area contributed by atoms with E-state index in [0.29, 0.717) is 0 Å². The summed E-state index contributed by atoms with van der Waals surface area (Å²) in [5.74, 6) is 0.715. The van der Waals surface area contributed by atoms with Crippen molar-refractivity contribution < 1.29 is 34.0 Å².